The van der Waals surface area contributed by atoms with E-state index in [1.54, 1.807) is 11.8 Å². The highest BCUT2D eigenvalue weighted by molar-refractivity contribution is 7.99. The number of nitrogens with one attached hydrogen (secondary N) is 1. The Kier molecular flexibility index (Phi) is 5.92. The van der Waals surface area contributed by atoms with Crippen molar-refractivity contribution >= 4 is 17.7 Å². The molecule has 1 saturated heterocycles. The summed E-state index contributed by atoms with van der Waals surface area (Å²) in [7, 11) is 0. The molecule has 3 nitrogen and oxygen atoms in total. The van der Waals surface area contributed by atoms with Crippen molar-refractivity contribution in [3.05, 3.63) is 35.4 Å². The van der Waals surface area contributed by atoms with E-state index in [1.807, 2.05) is 6.26 Å². The first-order valence-electron chi connectivity index (χ1n) is 7.21. The van der Waals surface area contributed by atoms with Gasteiger partial charge in [0, 0.05) is 19.6 Å². The number of aryl methyl sites for hydroxylation is 1. The smallest absolute Gasteiger partial charge is 0.229 e. The van der Waals surface area contributed by atoms with E-state index in [4.69, 9.17) is 0 Å². The first-order valence-corrected chi connectivity index (χ1v) is 8.61. The molecule has 0 radical (unpaired) electrons. The van der Waals surface area contributed by atoms with Crippen molar-refractivity contribution in [2.75, 3.05) is 31.6 Å². The molecule has 20 heavy (non-hydrogen) atoms. The second-order valence-electron chi connectivity index (χ2n) is 5.55. The molecule has 4 heteroatoms. The van der Waals surface area contributed by atoms with E-state index >= 15 is 0 Å². The average molecular weight is 292 g/mol. The summed E-state index contributed by atoms with van der Waals surface area (Å²) in [5, 5.41) is 3.03. The normalized spacial score (nSPS) is 19.2. The Morgan fingerprint density at radius 2 is 2.25 bits per heavy atom. The van der Waals surface area contributed by atoms with Gasteiger partial charge in [0.2, 0.25) is 5.91 Å². The summed E-state index contributed by atoms with van der Waals surface area (Å²) in [5.74, 6) is 1.33. The van der Waals surface area contributed by atoms with Gasteiger partial charge in [0.25, 0.3) is 0 Å². The standard InChI is InChI=1S/C16H24N2OS/c1-13-5-3-4-6-15(13)11-18-8-7-14(10-18)9-17-16(19)12-20-2/h3-6,14H,7-12H2,1-2H3,(H,17,19). The molecule has 1 N–H and O–H groups in total. The zero-order chi connectivity index (χ0) is 14.4. The molecule has 0 spiro atoms. The van der Waals surface area contributed by atoms with Crippen LogP contribution in [-0.2, 0) is 11.3 Å². The molecule has 1 atom stereocenters. The third kappa shape index (κ3) is 4.53. The summed E-state index contributed by atoms with van der Waals surface area (Å²) in [4.78, 5) is 14.0. The molecule has 0 aromatic heterocycles. The van der Waals surface area contributed by atoms with E-state index < -0.39 is 0 Å². The minimum atomic E-state index is 0.162. The van der Waals surface area contributed by atoms with Crippen LogP contribution in [0.2, 0.25) is 0 Å². The number of amides is 1. The minimum Gasteiger partial charge on any atom is -0.355 e. The lowest BCUT2D eigenvalue weighted by Crippen LogP contribution is -2.32. The number of thioether (sulfide) groups is 1. The van der Waals surface area contributed by atoms with Crippen LogP contribution < -0.4 is 5.32 Å². The molecule has 1 amide bonds. The van der Waals surface area contributed by atoms with Crippen molar-refractivity contribution in [3.63, 3.8) is 0 Å². The van der Waals surface area contributed by atoms with Crippen molar-refractivity contribution in [2.45, 2.75) is 19.9 Å². The molecule has 110 valence electrons. The molecule has 1 aliphatic rings. The lowest BCUT2D eigenvalue weighted by atomic mass is 10.1. The predicted molar refractivity (Wildman–Crippen MR) is 86.0 cm³/mol. The third-order valence-corrected chi connectivity index (χ3v) is 4.44. The van der Waals surface area contributed by atoms with Gasteiger partial charge in [-0.1, -0.05) is 24.3 Å². The molecular weight excluding hydrogens is 268 g/mol. The molecule has 0 bridgehead atoms. The SMILES string of the molecule is CSCC(=O)NCC1CCN(Cc2ccccc2C)C1. The molecule has 2 rings (SSSR count). The second kappa shape index (κ2) is 7.70. The quantitative estimate of drug-likeness (QED) is 0.873. The average Bonchev–Trinajstić information content (AvgIpc) is 2.87. The Morgan fingerprint density at radius 1 is 1.45 bits per heavy atom. The fourth-order valence-electron chi connectivity index (χ4n) is 2.69. The Balaban J connectivity index is 1.75. The maximum absolute atomic E-state index is 11.5. The van der Waals surface area contributed by atoms with Gasteiger partial charge in [0.1, 0.15) is 0 Å². The lowest BCUT2D eigenvalue weighted by Gasteiger charge is -2.17. The van der Waals surface area contributed by atoms with E-state index in [0.717, 1.165) is 26.2 Å². The highest BCUT2D eigenvalue weighted by Gasteiger charge is 2.22. The summed E-state index contributed by atoms with van der Waals surface area (Å²) in [5.41, 5.74) is 2.78. The van der Waals surface area contributed by atoms with Gasteiger partial charge in [-0.25, -0.2) is 0 Å². The second-order valence-corrected chi connectivity index (χ2v) is 6.42. The van der Waals surface area contributed by atoms with Crippen molar-refractivity contribution in [3.8, 4) is 0 Å². The largest absolute Gasteiger partial charge is 0.355 e. The van der Waals surface area contributed by atoms with E-state index in [0.29, 0.717) is 11.7 Å². The molecule has 1 aliphatic heterocycles. The van der Waals surface area contributed by atoms with Gasteiger partial charge in [0.15, 0.2) is 0 Å². The van der Waals surface area contributed by atoms with Crippen molar-refractivity contribution in [2.24, 2.45) is 5.92 Å². The Morgan fingerprint density at radius 3 is 3.00 bits per heavy atom. The number of likely N-dealkylation sites (tertiary alicyclic amines) is 1. The predicted octanol–water partition coefficient (Wildman–Crippen LogP) is 2.30. The van der Waals surface area contributed by atoms with Gasteiger partial charge in [-0.3, -0.25) is 9.69 Å². The van der Waals surface area contributed by atoms with Gasteiger partial charge in [-0.2, -0.15) is 11.8 Å². The molecule has 1 aromatic rings. The zero-order valence-electron chi connectivity index (χ0n) is 12.4. The third-order valence-electron chi connectivity index (χ3n) is 3.89. The molecule has 1 fully saturated rings. The van der Waals surface area contributed by atoms with E-state index in [-0.39, 0.29) is 5.91 Å². The van der Waals surface area contributed by atoms with Gasteiger partial charge < -0.3 is 5.32 Å². The number of carbonyl (C=O) groups is 1. The highest BCUT2D eigenvalue weighted by atomic mass is 32.2. The van der Waals surface area contributed by atoms with Crippen molar-refractivity contribution in [1.29, 1.82) is 0 Å². The van der Waals surface area contributed by atoms with E-state index in [2.05, 4.69) is 41.4 Å². The number of carbonyl (C=O) groups excluding carboxylic acids is 1. The number of hydrogen-bond acceptors (Lipinski definition) is 3. The molecular formula is C16H24N2OS. The van der Waals surface area contributed by atoms with Crippen LogP contribution >= 0.6 is 11.8 Å². The Labute approximate surface area is 126 Å². The molecule has 0 saturated carbocycles. The van der Waals surface area contributed by atoms with Gasteiger partial charge in [-0.05, 0) is 43.2 Å². The van der Waals surface area contributed by atoms with Gasteiger partial charge in [0.05, 0.1) is 5.75 Å². The van der Waals surface area contributed by atoms with Crippen LogP contribution in [0.5, 0.6) is 0 Å². The zero-order valence-corrected chi connectivity index (χ0v) is 13.2. The monoisotopic (exact) mass is 292 g/mol. The summed E-state index contributed by atoms with van der Waals surface area (Å²) >= 11 is 1.57. The topological polar surface area (TPSA) is 32.3 Å². The molecule has 1 unspecified atom stereocenters. The fourth-order valence-corrected chi connectivity index (χ4v) is 3.06. The maximum Gasteiger partial charge on any atom is 0.229 e. The molecule has 1 heterocycles. The van der Waals surface area contributed by atoms with Gasteiger partial charge >= 0.3 is 0 Å². The number of benzene rings is 1. The number of nitrogens with zero attached hydrogens (tertiary/aromatic N) is 1. The number of hydrogen-bond donors (Lipinski definition) is 1. The first kappa shape index (κ1) is 15.4. The molecule has 1 aromatic carbocycles. The Bertz CT molecular complexity index is 450. The number of rotatable bonds is 6. The Hall–Kier alpha value is -1.00. The van der Waals surface area contributed by atoms with Crippen LogP contribution in [0.1, 0.15) is 17.5 Å². The summed E-state index contributed by atoms with van der Waals surface area (Å²) in [6, 6.07) is 8.58. The van der Waals surface area contributed by atoms with E-state index in [9.17, 15) is 4.79 Å². The van der Waals surface area contributed by atoms with Crippen LogP contribution in [0.25, 0.3) is 0 Å². The summed E-state index contributed by atoms with van der Waals surface area (Å²) < 4.78 is 0. The minimum absolute atomic E-state index is 0.162. The van der Waals surface area contributed by atoms with Gasteiger partial charge in [-0.15, -0.1) is 0 Å². The first-order chi connectivity index (χ1) is 9.69. The van der Waals surface area contributed by atoms with Crippen LogP contribution in [0.15, 0.2) is 24.3 Å². The van der Waals surface area contributed by atoms with Crippen LogP contribution in [0.3, 0.4) is 0 Å². The summed E-state index contributed by atoms with van der Waals surface area (Å²) in [6.07, 6.45) is 3.14. The van der Waals surface area contributed by atoms with Crippen molar-refractivity contribution in [1.82, 2.24) is 10.2 Å². The fraction of sp³-hybridized carbons (Fsp3) is 0.562. The van der Waals surface area contributed by atoms with Crippen LogP contribution in [-0.4, -0.2) is 42.4 Å². The maximum atomic E-state index is 11.5. The van der Waals surface area contributed by atoms with E-state index in [1.165, 1.54) is 17.5 Å². The summed E-state index contributed by atoms with van der Waals surface area (Å²) in [6.45, 7) is 6.25. The van der Waals surface area contributed by atoms with Crippen LogP contribution in [0.4, 0.5) is 0 Å². The highest BCUT2D eigenvalue weighted by Crippen LogP contribution is 2.19. The van der Waals surface area contributed by atoms with Crippen molar-refractivity contribution < 1.29 is 4.79 Å². The van der Waals surface area contributed by atoms with Crippen LogP contribution in [0, 0.1) is 12.8 Å². The lowest BCUT2D eigenvalue weighted by molar-refractivity contribution is -0.118. The molecule has 0 aliphatic carbocycles.